The number of hydrogen-bond donors (Lipinski definition) is 1. The predicted molar refractivity (Wildman–Crippen MR) is 83.7 cm³/mol. The van der Waals surface area contributed by atoms with Crippen molar-refractivity contribution in [2.24, 2.45) is 11.7 Å². The quantitative estimate of drug-likeness (QED) is 0.632. The van der Waals surface area contributed by atoms with E-state index in [0.717, 1.165) is 18.7 Å². The molecule has 0 bridgehead atoms. The highest BCUT2D eigenvalue weighted by Crippen LogP contribution is 2.30. The minimum Gasteiger partial charge on any atom is -0.333 e. The molecule has 0 fully saturated rings. The second-order valence-electron chi connectivity index (χ2n) is 4.33. The molecule has 1 aromatic heterocycles. The Bertz CT molecular complexity index is 473. The Kier molecular flexibility index (Phi) is 9.76. The standard InChI is InChI=1S/C14H16F3NOS.CH5N/c1-3-11(5-4-10(2)19)9-20-13-7-6-12(8-18-13)14(15,16)17;1-2/h4-8,11H,3,9H2,1-2H3;2H2,1H3/b5-4+;. The van der Waals surface area contributed by atoms with Gasteiger partial charge in [0.15, 0.2) is 5.78 Å². The lowest BCUT2D eigenvalue weighted by molar-refractivity contribution is -0.137. The number of ketones is 1. The molecule has 0 aliphatic carbocycles. The molecule has 1 unspecified atom stereocenters. The zero-order valence-electron chi connectivity index (χ0n) is 12.9. The summed E-state index contributed by atoms with van der Waals surface area (Å²) < 4.78 is 37.1. The third-order valence-corrected chi connectivity index (χ3v) is 3.77. The van der Waals surface area contributed by atoms with Gasteiger partial charge in [-0.3, -0.25) is 4.79 Å². The van der Waals surface area contributed by atoms with Gasteiger partial charge in [-0.15, -0.1) is 11.8 Å². The van der Waals surface area contributed by atoms with Gasteiger partial charge in [-0.05, 0) is 44.5 Å². The summed E-state index contributed by atoms with van der Waals surface area (Å²) in [7, 11) is 1.50. The van der Waals surface area contributed by atoms with Crippen molar-refractivity contribution in [3.63, 3.8) is 0 Å². The fraction of sp³-hybridized carbons (Fsp3) is 0.467. The second-order valence-corrected chi connectivity index (χ2v) is 5.37. The van der Waals surface area contributed by atoms with E-state index in [1.807, 2.05) is 13.0 Å². The molecule has 0 saturated carbocycles. The van der Waals surface area contributed by atoms with Crippen LogP contribution < -0.4 is 5.73 Å². The predicted octanol–water partition coefficient (Wildman–Crippen LogP) is 3.94. The molecule has 2 N–H and O–H groups in total. The maximum atomic E-state index is 12.4. The van der Waals surface area contributed by atoms with Crippen molar-refractivity contribution < 1.29 is 18.0 Å². The highest BCUT2D eigenvalue weighted by molar-refractivity contribution is 7.99. The number of nitrogens with zero attached hydrogens (tertiary/aromatic N) is 1. The largest absolute Gasteiger partial charge is 0.417 e. The van der Waals surface area contributed by atoms with Crippen molar-refractivity contribution in [1.29, 1.82) is 0 Å². The van der Waals surface area contributed by atoms with Crippen LogP contribution in [0.5, 0.6) is 0 Å². The maximum absolute atomic E-state index is 12.4. The molecule has 1 heterocycles. The number of allylic oxidation sites excluding steroid dienone is 2. The average molecular weight is 334 g/mol. The van der Waals surface area contributed by atoms with E-state index in [1.54, 1.807) is 0 Å². The van der Waals surface area contributed by atoms with Gasteiger partial charge in [0.2, 0.25) is 0 Å². The van der Waals surface area contributed by atoms with E-state index in [0.29, 0.717) is 10.8 Å². The van der Waals surface area contributed by atoms with E-state index < -0.39 is 11.7 Å². The molecule has 0 radical (unpaired) electrons. The highest BCUT2D eigenvalue weighted by atomic mass is 32.2. The van der Waals surface area contributed by atoms with Gasteiger partial charge in [-0.25, -0.2) is 4.98 Å². The van der Waals surface area contributed by atoms with Crippen LogP contribution in [0.1, 0.15) is 25.8 Å². The number of nitrogens with two attached hydrogens (primary N) is 1. The SMILES string of the molecule is CCC(/C=C/C(C)=O)CSc1ccc(C(F)(F)F)cn1.CN. The Labute approximate surface area is 133 Å². The van der Waals surface area contributed by atoms with E-state index in [1.165, 1.54) is 37.9 Å². The molecule has 3 nitrogen and oxygen atoms in total. The molecule has 1 atom stereocenters. The molecule has 1 rings (SSSR count). The topological polar surface area (TPSA) is 56.0 Å². The van der Waals surface area contributed by atoms with E-state index in [9.17, 15) is 18.0 Å². The number of aromatic nitrogens is 1. The van der Waals surface area contributed by atoms with Gasteiger partial charge in [0, 0.05) is 11.9 Å². The van der Waals surface area contributed by atoms with E-state index in [-0.39, 0.29) is 11.7 Å². The van der Waals surface area contributed by atoms with Crippen LogP contribution in [0.4, 0.5) is 13.2 Å². The highest BCUT2D eigenvalue weighted by Gasteiger charge is 2.30. The lowest BCUT2D eigenvalue weighted by Crippen LogP contribution is -2.05. The molecule has 0 spiro atoms. The van der Waals surface area contributed by atoms with Gasteiger partial charge in [0.05, 0.1) is 10.6 Å². The van der Waals surface area contributed by atoms with Crippen molar-refractivity contribution in [3.05, 3.63) is 36.0 Å². The molecule has 0 saturated heterocycles. The summed E-state index contributed by atoms with van der Waals surface area (Å²) in [4.78, 5) is 14.7. The van der Waals surface area contributed by atoms with Crippen LogP contribution in [0.15, 0.2) is 35.5 Å². The van der Waals surface area contributed by atoms with E-state index in [4.69, 9.17) is 0 Å². The average Bonchev–Trinajstić information content (AvgIpc) is 2.49. The molecule has 0 aliphatic rings. The molecule has 0 aliphatic heterocycles. The summed E-state index contributed by atoms with van der Waals surface area (Å²) in [5, 5.41) is 0.549. The summed E-state index contributed by atoms with van der Waals surface area (Å²) in [6, 6.07) is 2.40. The number of carbonyl (C=O) groups is 1. The zero-order valence-corrected chi connectivity index (χ0v) is 13.7. The van der Waals surface area contributed by atoms with Gasteiger partial charge in [-0.2, -0.15) is 13.2 Å². The molecule has 7 heteroatoms. The first kappa shape index (κ1) is 20.7. The molecule has 124 valence electrons. The fourth-order valence-electron chi connectivity index (χ4n) is 1.41. The number of pyridine rings is 1. The van der Waals surface area contributed by atoms with Crippen molar-refractivity contribution >= 4 is 17.5 Å². The van der Waals surface area contributed by atoms with Crippen LogP contribution in [0, 0.1) is 5.92 Å². The molecular formula is C15H21F3N2OS. The van der Waals surface area contributed by atoms with Gasteiger partial charge in [-0.1, -0.05) is 13.0 Å². The zero-order chi connectivity index (χ0) is 17.2. The normalized spacial score (nSPS) is 12.7. The molecule has 0 aromatic carbocycles. The van der Waals surface area contributed by atoms with Crippen LogP contribution in [0.25, 0.3) is 0 Å². The second kappa shape index (κ2) is 10.4. The Hall–Kier alpha value is -1.34. The fourth-order valence-corrected chi connectivity index (χ4v) is 2.43. The molecule has 0 amide bonds. The van der Waals surface area contributed by atoms with Crippen LogP contribution in [-0.2, 0) is 11.0 Å². The van der Waals surface area contributed by atoms with Crippen molar-refractivity contribution in [3.8, 4) is 0 Å². The Balaban J connectivity index is 0.00000211. The van der Waals surface area contributed by atoms with Crippen LogP contribution >= 0.6 is 11.8 Å². The number of hydrogen-bond acceptors (Lipinski definition) is 4. The third-order valence-electron chi connectivity index (χ3n) is 2.64. The number of carbonyl (C=O) groups excluding carboxylic acids is 1. The van der Waals surface area contributed by atoms with Gasteiger partial charge in [0.25, 0.3) is 0 Å². The minimum absolute atomic E-state index is 0.0129. The first-order valence-electron chi connectivity index (χ1n) is 6.75. The lowest BCUT2D eigenvalue weighted by atomic mass is 10.1. The first-order chi connectivity index (χ1) is 10.3. The summed E-state index contributed by atoms with van der Waals surface area (Å²) in [6.45, 7) is 3.48. The number of halogens is 3. The monoisotopic (exact) mass is 334 g/mol. The molecule has 22 heavy (non-hydrogen) atoms. The van der Waals surface area contributed by atoms with Crippen molar-refractivity contribution in [1.82, 2.24) is 4.98 Å². The van der Waals surface area contributed by atoms with Crippen LogP contribution in [0.2, 0.25) is 0 Å². The number of rotatable bonds is 6. The maximum Gasteiger partial charge on any atom is 0.417 e. The Morgan fingerprint density at radius 1 is 1.41 bits per heavy atom. The van der Waals surface area contributed by atoms with Crippen molar-refractivity contribution in [2.45, 2.75) is 31.5 Å². The van der Waals surface area contributed by atoms with E-state index in [2.05, 4.69) is 10.7 Å². The van der Waals surface area contributed by atoms with Gasteiger partial charge in [0.1, 0.15) is 0 Å². The number of alkyl halides is 3. The molecule has 1 aromatic rings. The Morgan fingerprint density at radius 3 is 2.45 bits per heavy atom. The summed E-state index contributed by atoms with van der Waals surface area (Å²) >= 11 is 1.38. The lowest BCUT2D eigenvalue weighted by Gasteiger charge is -2.10. The Morgan fingerprint density at radius 2 is 2.05 bits per heavy atom. The summed E-state index contributed by atoms with van der Waals surface area (Å²) in [5.74, 6) is 0.868. The minimum atomic E-state index is -4.35. The number of thioether (sulfide) groups is 1. The smallest absolute Gasteiger partial charge is 0.333 e. The van der Waals surface area contributed by atoms with Gasteiger partial charge < -0.3 is 5.73 Å². The van der Waals surface area contributed by atoms with Gasteiger partial charge >= 0.3 is 6.18 Å². The van der Waals surface area contributed by atoms with E-state index >= 15 is 0 Å². The van der Waals surface area contributed by atoms with Crippen LogP contribution in [-0.4, -0.2) is 23.6 Å². The summed E-state index contributed by atoms with van der Waals surface area (Å²) in [5.41, 5.74) is 3.75. The first-order valence-corrected chi connectivity index (χ1v) is 7.74. The van der Waals surface area contributed by atoms with Crippen LogP contribution in [0.3, 0.4) is 0 Å². The summed E-state index contributed by atoms with van der Waals surface area (Å²) in [6.07, 6.45) is 0.701. The van der Waals surface area contributed by atoms with Crippen molar-refractivity contribution in [2.75, 3.05) is 12.8 Å². The third kappa shape index (κ3) is 8.19. The molecular weight excluding hydrogens is 313 g/mol.